The molecule has 1 aromatic heterocycles. The largest absolute Gasteiger partial charge is 0.368 e. The van der Waals surface area contributed by atoms with Gasteiger partial charge in [-0.3, -0.25) is 0 Å². The van der Waals surface area contributed by atoms with Crippen LogP contribution in [0.3, 0.4) is 0 Å². The Kier molecular flexibility index (Phi) is 6.75. The van der Waals surface area contributed by atoms with Crippen LogP contribution in [0.25, 0.3) is 0 Å². The van der Waals surface area contributed by atoms with Crippen LogP contribution in [0.15, 0.2) is 18.3 Å². The van der Waals surface area contributed by atoms with Gasteiger partial charge in [-0.1, -0.05) is 0 Å². The van der Waals surface area contributed by atoms with Gasteiger partial charge in [0.25, 0.3) is 0 Å². The number of hydrogen-bond donors (Lipinski definition) is 1. The molecule has 3 nitrogen and oxygen atoms in total. The summed E-state index contributed by atoms with van der Waals surface area (Å²) in [5.74, 6) is -0.411. The third-order valence-corrected chi connectivity index (χ3v) is 2.63. The number of piperazine rings is 1. The van der Waals surface area contributed by atoms with E-state index < -0.39 is 5.95 Å². The molecule has 1 aromatic rings. The monoisotopic (exact) mass is 281 g/mol. The molecule has 0 amide bonds. The first kappa shape index (κ1) is 16.4. The molecule has 0 aromatic carbocycles. The standard InChI is InChI=1S/C11H16FN3.2ClH/c1-8-6-15(7-9(2)14-8)10-3-4-13-11(12)5-10;;/h3-5,8-9,14H,6-7H2,1-2H3;2*1H. The van der Waals surface area contributed by atoms with E-state index in [-0.39, 0.29) is 24.8 Å². The van der Waals surface area contributed by atoms with Crippen LogP contribution in [-0.4, -0.2) is 30.2 Å². The maximum absolute atomic E-state index is 13.0. The number of anilines is 1. The molecule has 0 spiro atoms. The Morgan fingerprint density at radius 3 is 2.41 bits per heavy atom. The predicted molar refractivity (Wildman–Crippen MR) is 73.0 cm³/mol. The smallest absolute Gasteiger partial charge is 0.214 e. The Morgan fingerprint density at radius 2 is 1.88 bits per heavy atom. The highest BCUT2D eigenvalue weighted by atomic mass is 35.5. The highest BCUT2D eigenvalue weighted by molar-refractivity contribution is 5.85. The fourth-order valence-corrected chi connectivity index (χ4v) is 2.13. The third kappa shape index (κ3) is 4.30. The number of nitrogens with one attached hydrogen (secondary N) is 1. The topological polar surface area (TPSA) is 28.2 Å². The maximum Gasteiger partial charge on any atom is 0.214 e. The molecule has 0 radical (unpaired) electrons. The average molecular weight is 282 g/mol. The molecule has 0 aliphatic carbocycles. The lowest BCUT2D eigenvalue weighted by Gasteiger charge is -2.37. The average Bonchev–Trinajstić information content (AvgIpc) is 2.16. The second-order valence-corrected chi connectivity index (χ2v) is 4.21. The van der Waals surface area contributed by atoms with Crippen molar-refractivity contribution in [2.24, 2.45) is 0 Å². The maximum atomic E-state index is 13.0. The van der Waals surface area contributed by atoms with Gasteiger partial charge in [0.1, 0.15) is 0 Å². The Hall–Kier alpha value is -0.580. The van der Waals surface area contributed by atoms with Crippen LogP contribution in [0, 0.1) is 5.95 Å². The zero-order valence-corrected chi connectivity index (χ0v) is 11.5. The SMILES string of the molecule is CC1CN(c2ccnc(F)c2)CC(C)N1.Cl.Cl. The molecule has 1 aliphatic heterocycles. The second kappa shape index (κ2) is 6.99. The molecule has 1 aliphatic rings. The van der Waals surface area contributed by atoms with E-state index in [9.17, 15) is 4.39 Å². The summed E-state index contributed by atoms with van der Waals surface area (Å²) < 4.78 is 13.0. The summed E-state index contributed by atoms with van der Waals surface area (Å²) in [5.41, 5.74) is 0.919. The van der Waals surface area contributed by atoms with Gasteiger partial charge in [-0.05, 0) is 19.9 Å². The van der Waals surface area contributed by atoms with E-state index in [0.717, 1.165) is 18.8 Å². The van der Waals surface area contributed by atoms with E-state index in [2.05, 4.69) is 29.0 Å². The van der Waals surface area contributed by atoms with Gasteiger partial charge in [0.15, 0.2) is 0 Å². The van der Waals surface area contributed by atoms with Crippen molar-refractivity contribution < 1.29 is 4.39 Å². The lowest BCUT2D eigenvalue weighted by Crippen LogP contribution is -2.54. The minimum Gasteiger partial charge on any atom is -0.368 e. The van der Waals surface area contributed by atoms with Crippen molar-refractivity contribution in [2.45, 2.75) is 25.9 Å². The molecule has 2 heterocycles. The predicted octanol–water partition coefficient (Wildman–Crippen LogP) is 2.25. The number of pyridine rings is 1. The number of halogens is 3. The van der Waals surface area contributed by atoms with Crippen LogP contribution in [-0.2, 0) is 0 Å². The van der Waals surface area contributed by atoms with E-state index in [1.165, 1.54) is 12.3 Å². The van der Waals surface area contributed by atoms with Gasteiger partial charge in [-0.25, -0.2) is 4.98 Å². The zero-order valence-electron chi connectivity index (χ0n) is 9.89. The summed E-state index contributed by atoms with van der Waals surface area (Å²) in [4.78, 5) is 5.75. The Balaban J connectivity index is 0.00000128. The van der Waals surface area contributed by atoms with Crippen molar-refractivity contribution in [3.8, 4) is 0 Å². The summed E-state index contributed by atoms with van der Waals surface area (Å²) >= 11 is 0. The lowest BCUT2D eigenvalue weighted by molar-refractivity contribution is 0.406. The number of nitrogens with zero attached hydrogens (tertiary/aromatic N) is 2. The van der Waals surface area contributed by atoms with Crippen molar-refractivity contribution in [1.29, 1.82) is 0 Å². The molecule has 1 fully saturated rings. The number of aromatic nitrogens is 1. The Labute approximate surface area is 114 Å². The van der Waals surface area contributed by atoms with Gasteiger partial charge in [0.05, 0.1) is 0 Å². The first-order valence-electron chi connectivity index (χ1n) is 5.27. The van der Waals surface area contributed by atoms with Gasteiger partial charge in [-0.2, -0.15) is 4.39 Å². The second-order valence-electron chi connectivity index (χ2n) is 4.21. The minimum absolute atomic E-state index is 0. The molecule has 2 unspecified atom stereocenters. The van der Waals surface area contributed by atoms with E-state index in [1.54, 1.807) is 0 Å². The van der Waals surface area contributed by atoms with Crippen molar-refractivity contribution in [2.75, 3.05) is 18.0 Å². The quantitative estimate of drug-likeness (QED) is 0.801. The molecule has 6 heteroatoms. The molecule has 17 heavy (non-hydrogen) atoms. The molecular weight excluding hydrogens is 264 g/mol. The fourth-order valence-electron chi connectivity index (χ4n) is 2.13. The van der Waals surface area contributed by atoms with Crippen LogP contribution < -0.4 is 10.2 Å². The van der Waals surface area contributed by atoms with Crippen LogP contribution >= 0.6 is 24.8 Å². The van der Waals surface area contributed by atoms with Gasteiger partial charge in [-0.15, -0.1) is 24.8 Å². The summed E-state index contributed by atoms with van der Waals surface area (Å²) in [6.07, 6.45) is 1.52. The van der Waals surface area contributed by atoms with Crippen LogP contribution in [0.4, 0.5) is 10.1 Å². The summed E-state index contributed by atoms with van der Waals surface area (Å²) in [7, 11) is 0. The van der Waals surface area contributed by atoms with E-state index in [4.69, 9.17) is 0 Å². The van der Waals surface area contributed by atoms with Crippen LogP contribution in [0.1, 0.15) is 13.8 Å². The fraction of sp³-hybridized carbons (Fsp3) is 0.545. The van der Waals surface area contributed by atoms with Crippen molar-refractivity contribution in [1.82, 2.24) is 10.3 Å². The molecular formula is C11H18Cl2FN3. The molecule has 1 saturated heterocycles. The van der Waals surface area contributed by atoms with E-state index in [1.807, 2.05) is 6.07 Å². The van der Waals surface area contributed by atoms with Gasteiger partial charge in [0, 0.05) is 43.1 Å². The number of hydrogen-bond acceptors (Lipinski definition) is 3. The molecule has 98 valence electrons. The van der Waals surface area contributed by atoms with Gasteiger partial charge in [0.2, 0.25) is 5.95 Å². The van der Waals surface area contributed by atoms with Crippen molar-refractivity contribution in [3.05, 3.63) is 24.3 Å². The lowest BCUT2D eigenvalue weighted by atomic mass is 10.1. The highest BCUT2D eigenvalue weighted by Gasteiger charge is 2.21. The molecule has 0 saturated carbocycles. The van der Waals surface area contributed by atoms with Crippen molar-refractivity contribution >= 4 is 30.5 Å². The van der Waals surface area contributed by atoms with E-state index >= 15 is 0 Å². The number of rotatable bonds is 1. The normalized spacial score (nSPS) is 23.6. The Morgan fingerprint density at radius 1 is 1.29 bits per heavy atom. The third-order valence-electron chi connectivity index (χ3n) is 2.63. The van der Waals surface area contributed by atoms with E-state index in [0.29, 0.717) is 12.1 Å². The first-order chi connectivity index (χ1) is 7.15. The van der Waals surface area contributed by atoms with Crippen LogP contribution in [0.5, 0.6) is 0 Å². The zero-order chi connectivity index (χ0) is 10.8. The first-order valence-corrected chi connectivity index (χ1v) is 5.27. The molecule has 0 bridgehead atoms. The molecule has 1 N–H and O–H groups in total. The van der Waals surface area contributed by atoms with Crippen molar-refractivity contribution in [3.63, 3.8) is 0 Å². The summed E-state index contributed by atoms with van der Waals surface area (Å²) in [6, 6.07) is 4.22. The highest BCUT2D eigenvalue weighted by Crippen LogP contribution is 2.17. The molecule has 2 atom stereocenters. The van der Waals surface area contributed by atoms with Crippen LogP contribution in [0.2, 0.25) is 0 Å². The van der Waals surface area contributed by atoms with Gasteiger partial charge >= 0.3 is 0 Å². The Bertz CT molecular complexity index is 341. The van der Waals surface area contributed by atoms with Gasteiger partial charge < -0.3 is 10.2 Å². The summed E-state index contributed by atoms with van der Waals surface area (Å²) in [5, 5.41) is 3.44. The minimum atomic E-state index is -0.411. The summed E-state index contributed by atoms with van der Waals surface area (Å²) in [6.45, 7) is 6.10. The molecule has 2 rings (SSSR count).